The van der Waals surface area contributed by atoms with Crippen LogP contribution < -0.4 is 0 Å². The minimum Gasteiger partial charge on any atom is -0.0833 e. The topological polar surface area (TPSA) is 0 Å². The predicted octanol–water partition coefficient (Wildman–Crippen LogP) is 6.31. The van der Waals surface area contributed by atoms with Crippen LogP contribution in [0.1, 0.15) is 66.2 Å². The summed E-state index contributed by atoms with van der Waals surface area (Å²) in [5, 5.41) is 0. The van der Waals surface area contributed by atoms with Crippen LogP contribution in [-0.2, 0) is 0 Å². The summed E-state index contributed by atoms with van der Waals surface area (Å²) in [6.45, 7) is 9.90. The van der Waals surface area contributed by atoms with Gasteiger partial charge in [0.25, 0.3) is 0 Å². The molecule has 0 amide bonds. The van der Waals surface area contributed by atoms with Gasteiger partial charge in [-0.2, -0.15) is 0 Å². The fraction of sp³-hybridized carbons (Fsp3) is 0.727. The SMILES string of the molecule is CCC1CCC2C3C=CC4=CC(C)CCC4(C)C3=CCC12C. The molecule has 0 nitrogen and oxygen atoms in total. The van der Waals surface area contributed by atoms with Crippen LogP contribution in [0.4, 0.5) is 0 Å². The van der Waals surface area contributed by atoms with E-state index >= 15 is 0 Å². The molecule has 0 aliphatic heterocycles. The van der Waals surface area contributed by atoms with Gasteiger partial charge in [0.2, 0.25) is 0 Å². The minimum absolute atomic E-state index is 0.345. The second kappa shape index (κ2) is 4.86. The van der Waals surface area contributed by atoms with E-state index in [-0.39, 0.29) is 0 Å². The van der Waals surface area contributed by atoms with Crippen molar-refractivity contribution in [3.63, 3.8) is 0 Å². The van der Waals surface area contributed by atoms with E-state index < -0.39 is 0 Å². The lowest BCUT2D eigenvalue weighted by atomic mass is 9.53. The highest BCUT2D eigenvalue weighted by molar-refractivity contribution is 5.46. The molecule has 4 aliphatic rings. The van der Waals surface area contributed by atoms with Gasteiger partial charge in [-0.25, -0.2) is 0 Å². The van der Waals surface area contributed by atoms with Crippen molar-refractivity contribution in [1.82, 2.24) is 0 Å². The van der Waals surface area contributed by atoms with Gasteiger partial charge in [-0.1, -0.05) is 64.0 Å². The molecule has 1 saturated carbocycles. The molecule has 4 aliphatic carbocycles. The van der Waals surface area contributed by atoms with Crippen LogP contribution in [0.2, 0.25) is 0 Å². The zero-order valence-corrected chi connectivity index (χ0v) is 14.9. The number of rotatable bonds is 1. The van der Waals surface area contributed by atoms with Crippen LogP contribution in [-0.4, -0.2) is 0 Å². The molecule has 0 heterocycles. The Kier molecular flexibility index (Phi) is 3.26. The maximum Gasteiger partial charge on any atom is 0.0136 e. The predicted molar refractivity (Wildman–Crippen MR) is 94.5 cm³/mol. The third-order valence-corrected chi connectivity index (χ3v) is 7.97. The Hall–Kier alpha value is -0.780. The van der Waals surface area contributed by atoms with Gasteiger partial charge in [-0.05, 0) is 60.8 Å². The highest BCUT2D eigenvalue weighted by atomic mass is 14.6. The molecule has 0 saturated heterocycles. The van der Waals surface area contributed by atoms with Crippen molar-refractivity contribution >= 4 is 0 Å². The van der Waals surface area contributed by atoms with Crippen LogP contribution >= 0.6 is 0 Å². The van der Waals surface area contributed by atoms with Gasteiger partial charge in [-0.15, -0.1) is 0 Å². The monoisotopic (exact) mass is 296 g/mol. The Labute approximate surface area is 136 Å². The molecule has 0 bridgehead atoms. The summed E-state index contributed by atoms with van der Waals surface area (Å²) in [6.07, 6.45) is 18.6. The van der Waals surface area contributed by atoms with E-state index in [2.05, 4.69) is 52.0 Å². The van der Waals surface area contributed by atoms with E-state index in [0.29, 0.717) is 10.8 Å². The normalized spacial score (nSPS) is 49.8. The summed E-state index contributed by atoms with van der Waals surface area (Å²) in [5.41, 5.74) is 4.31. The molecule has 22 heavy (non-hydrogen) atoms. The van der Waals surface area contributed by atoms with Gasteiger partial charge >= 0.3 is 0 Å². The Morgan fingerprint density at radius 1 is 1.18 bits per heavy atom. The molecule has 0 aromatic heterocycles. The zero-order valence-electron chi connectivity index (χ0n) is 14.9. The first-order valence-corrected chi connectivity index (χ1v) is 9.60. The number of hydrogen-bond donors (Lipinski definition) is 0. The van der Waals surface area contributed by atoms with Gasteiger partial charge in [0.15, 0.2) is 0 Å². The lowest BCUT2D eigenvalue weighted by Crippen LogP contribution is -2.42. The first-order chi connectivity index (χ1) is 10.5. The van der Waals surface area contributed by atoms with E-state index in [9.17, 15) is 0 Å². The Morgan fingerprint density at radius 2 is 2.00 bits per heavy atom. The summed E-state index contributed by atoms with van der Waals surface area (Å²) in [6, 6.07) is 0. The van der Waals surface area contributed by atoms with Crippen molar-refractivity contribution in [2.24, 2.45) is 34.5 Å². The molecule has 4 rings (SSSR count). The van der Waals surface area contributed by atoms with Crippen LogP contribution in [0.5, 0.6) is 0 Å². The summed E-state index contributed by atoms with van der Waals surface area (Å²) in [4.78, 5) is 0. The standard InChI is InChI=1S/C22H32/c1-5-16-7-9-19-18-8-6-17-14-15(2)10-12-22(17,4)20(18)11-13-21(16,19)3/h6,8,11,14-16,18-19H,5,7,9-10,12-13H2,1-4H3. The van der Waals surface area contributed by atoms with Crippen molar-refractivity contribution in [1.29, 1.82) is 0 Å². The highest BCUT2D eigenvalue weighted by Crippen LogP contribution is 2.63. The van der Waals surface area contributed by atoms with Gasteiger partial charge in [0.1, 0.15) is 0 Å². The van der Waals surface area contributed by atoms with Crippen LogP contribution in [0, 0.1) is 34.5 Å². The van der Waals surface area contributed by atoms with E-state index in [1.807, 2.05) is 0 Å². The smallest absolute Gasteiger partial charge is 0.0136 e. The summed E-state index contributed by atoms with van der Waals surface area (Å²) >= 11 is 0. The third-order valence-electron chi connectivity index (χ3n) is 7.97. The van der Waals surface area contributed by atoms with E-state index in [0.717, 1.165) is 23.7 Å². The van der Waals surface area contributed by atoms with Crippen LogP contribution in [0.25, 0.3) is 0 Å². The number of allylic oxidation sites excluding steroid dienone is 6. The second-order valence-corrected chi connectivity index (χ2v) is 9.01. The van der Waals surface area contributed by atoms with Crippen molar-refractivity contribution in [2.75, 3.05) is 0 Å². The number of hydrogen-bond acceptors (Lipinski definition) is 0. The fourth-order valence-electron chi connectivity index (χ4n) is 6.43. The zero-order chi connectivity index (χ0) is 15.5. The molecule has 0 radical (unpaired) electrons. The maximum atomic E-state index is 2.68. The molecular formula is C22H32. The lowest BCUT2D eigenvalue weighted by molar-refractivity contribution is 0.110. The van der Waals surface area contributed by atoms with E-state index in [4.69, 9.17) is 0 Å². The fourth-order valence-corrected chi connectivity index (χ4v) is 6.43. The van der Waals surface area contributed by atoms with Crippen LogP contribution in [0.3, 0.4) is 0 Å². The largest absolute Gasteiger partial charge is 0.0833 e. The van der Waals surface area contributed by atoms with Crippen molar-refractivity contribution in [3.8, 4) is 0 Å². The van der Waals surface area contributed by atoms with Crippen molar-refractivity contribution in [3.05, 3.63) is 35.5 Å². The van der Waals surface area contributed by atoms with Crippen LogP contribution in [0.15, 0.2) is 35.5 Å². The summed E-state index contributed by atoms with van der Waals surface area (Å²) in [5.74, 6) is 3.33. The molecule has 0 N–H and O–H groups in total. The summed E-state index contributed by atoms with van der Waals surface area (Å²) in [7, 11) is 0. The molecular weight excluding hydrogens is 264 g/mol. The Balaban J connectivity index is 1.77. The van der Waals surface area contributed by atoms with Gasteiger partial charge in [0, 0.05) is 11.3 Å². The minimum atomic E-state index is 0.345. The molecule has 6 unspecified atom stereocenters. The highest BCUT2D eigenvalue weighted by Gasteiger charge is 2.54. The molecule has 120 valence electrons. The maximum absolute atomic E-state index is 2.68. The molecule has 0 spiro atoms. The lowest BCUT2D eigenvalue weighted by Gasteiger charge is -2.52. The van der Waals surface area contributed by atoms with Crippen molar-refractivity contribution < 1.29 is 0 Å². The number of fused-ring (bicyclic) bond motifs is 5. The van der Waals surface area contributed by atoms with Gasteiger partial charge < -0.3 is 0 Å². The molecule has 0 aromatic carbocycles. The average Bonchev–Trinajstić information content (AvgIpc) is 2.84. The van der Waals surface area contributed by atoms with E-state index in [1.54, 1.807) is 11.1 Å². The van der Waals surface area contributed by atoms with Crippen molar-refractivity contribution in [2.45, 2.75) is 66.2 Å². The molecule has 0 heteroatoms. The Bertz CT molecular complexity index is 563. The van der Waals surface area contributed by atoms with Gasteiger partial charge in [0.05, 0.1) is 0 Å². The molecule has 6 atom stereocenters. The molecule has 0 aromatic rings. The first-order valence-electron chi connectivity index (χ1n) is 9.60. The average molecular weight is 296 g/mol. The van der Waals surface area contributed by atoms with Gasteiger partial charge in [-0.3, -0.25) is 0 Å². The summed E-state index contributed by atoms with van der Waals surface area (Å²) < 4.78 is 0. The Morgan fingerprint density at radius 3 is 2.77 bits per heavy atom. The molecule has 1 fully saturated rings. The quantitative estimate of drug-likeness (QED) is 0.497. The van der Waals surface area contributed by atoms with E-state index in [1.165, 1.54) is 38.5 Å². The third kappa shape index (κ3) is 1.82. The second-order valence-electron chi connectivity index (χ2n) is 9.01. The first kappa shape index (κ1) is 14.8.